The van der Waals surface area contributed by atoms with Gasteiger partial charge in [0.2, 0.25) is 5.89 Å². The first-order chi connectivity index (χ1) is 14.6. The van der Waals surface area contributed by atoms with Gasteiger partial charge in [-0.1, -0.05) is 6.08 Å². The topological polar surface area (TPSA) is 92.2 Å². The van der Waals surface area contributed by atoms with Crippen molar-refractivity contribution in [2.24, 2.45) is 15.0 Å². The molecule has 3 aliphatic heterocycles. The first-order valence-electron chi connectivity index (χ1n) is 10.1. The molecule has 3 atom stereocenters. The van der Waals surface area contributed by atoms with Gasteiger partial charge < -0.3 is 9.73 Å². The molecule has 4 heterocycles. The first kappa shape index (κ1) is 22.7. The smallest absolute Gasteiger partial charge is 0.273 e. The van der Waals surface area contributed by atoms with E-state index >= 15 is 0 Å². The highest BCUT2D eigenvalue weighted by molar-refractivity contribution is 8.17. The molecular formula is C21H27N5O2S3. The summed E-state index contributed by atoms with van der Waals surface area (Å²) in [6.07, 6.45) is 4.08. The molecule has 0 spiro atoms. The largest absolute Gasteiger partial charge is 0.442 e. The number of allylic oxidation sites excluding steroid dienone is 1. The van der Waals surface area contributed by atoms with E-state index in [0.29, 0.717) is 23.1 Å². The monoisotopic (exact) mass is 477 g/mol. The minimum Gasteiger partial charge on any atom is -0.442 e. The second kappa shape index (κ2) is 8.12. The number of oxazole rings is 1. The number of aromatic nitrogens is 1. The minimum absolute atomic E-state index is 0.250. The fourth-order valence-corrected chi connectivity index (χ4v) is 7.51. The summed E-state index contributed by atoms with van der Waals surface area (Å²) in [5.41, 5.74) is -0.971. The lowest BCUT2D eigenvalue weighted by atomic mass is 10.0. The molecule has 7 nitrogen and oxygen atoms in total. The number of amides is 1. The zero-order chi connectivity index (χ0) is 22.4. The average Bonchev–Trinajstić information content (AvgIpc) is 3.49. The van der Waals surface area contributed by atoms with Gasteiger partial charge >= 0.3 is 0 Å². The molecule has 0 fully saturated rings. The Morgan fingerprint density at radius 2 is 1.58 bits per heavy atom. The van der Waals surface area contributed by atoms with E-state index in [4.69, 9.17) is 19.4 Å². The predicted molar refractivity (Wildman–Crippen MR) is 133 cm³/mol. The molecule has 0 saturated carbocycles. The Morgan fingerprint density at radius 3 is 2.23 bits per heavy atom. The van der Waals surface area contributed by atoms with E-state index in [9.17, 15) is 4.79 Å². The van der Waals surface area contributed by atoms with E-state index in [1.807, 2.05) is 19.9 Å². The molecule has 1 N–H and O–H groups in total. The lowest BCUT2D eigenvalue weighted by molar-refractivity contribution is 0.0957. The van der Waals surface area contributed by atoms with Gasteiger partial charge in [0.05, 0.1) is 15.1 Å². The van der Waals surface area contributed by atoms with Crippen LogP contribution in [-0.2, 0) is 5.54 Å². The van der Waals surface area contributed by atoms with Crippen LogP contribution in [0, 0.1) is 6.92 Å². The van der Waals surface area contributed by atoms with Crippen molar-refractivity contribution in [1.29, 1.82) is 0 Å². The molecule has 10 heteroatoms. The Hall–Kier alpha value is -1.52. The van der Waals surface area contributed by atoms with E-state index in [0.717, 1.165) is 26.6 Å². The Bertz CT molecular complexity index is 1050. The van der Waals surface area contributed by atoms with Crippen molar-refractivity contribution in [3.8, 4) is 0 Å². The van der Waals surface area contributed by atoms with Crippen LogP contribution in [0.25, 0.3) is 0 Å². The standard InChI is InChI=1S/C21H27N5O2S3/c1-7-8-13-24-20(4,10-29-13)17-26-21(5,11-31-17)18-25-19(3,9-30-18)16-23-14(12(2)28-16)15(27)22-6/h7-8H,9-11H2,1-6H3,(H,22,27)/b8-7-/t19-,20-,21-/m0/s1. The Morgan fingerprint density at radius 1 is 1.00 bits per heavy atom. The van der Waals surface area contributed by atoms with Crippen LogP contribution in [0.15, 0.2) is 31.5 Å². The highest BCUT2D eigenvalue weighted by Crippen LogP contribution is 2.46. The van der Waals surface area contributed by atoms with Crippen molar-refractivity contribution in [3.05, 3.63) is 29.5 Å². The molecule has 0 aromatic carbocycles. The number of rotatable bonds is 5. The van der Waals surface area contributed by atoms with Crippen LogP contribution >= 0.6 is 35.3 Å². The van der Waals surface area contributed by atoms with Crippen LogP contribution in [0.3, 0.4) is 0 Å². The summed E-state index contributed by atoms with van der Waals surface area (Å²) in [5.74, 6) is 3.19. The summed E-state index contributed by atoms with van der Waals surface area (Å²) >= 11 is 5.26. The molecule has 166 valence electrons. The van der Waals surface area contributed by atoms with Gasteiger partial charge in [-0.25, -0.2) is 4.98 Å². The molecule has 0 unspecified atom stereocenters. The molecule has 0 bridgehead atoms. The van der Waals surface area contributed by atoms with Crippen molar-refractivity contribution in [2.75, 3.05) is 24.3 Å². The first-order valence-corrected chi connectivity index (χ1v) is 13.1. The van der Waals surface area contributed by atoms with Crippen LogP contribution in [0.1, 0.15) is 49.8 Å². The Labute approximate surface area is 195 Å². The van der Waals surface area contributed by atoms with Gasteiger partial charge in [-0.3, -0.25) is 19.8 Å². The fraction of sp³-hybridized carbons (Fsp3) is 0.571. The van der Waals surface area contributed by atoms with Crippen molar-refractivity contribution in [1.82, 2.24) is 10.3 Å². The number of nitrogens with zero attached hydrogens (tertiary/aromatic N) is 4. The van der Waals surface area contributed by atoms with E-state index in [2.05, 4.69) is 30.2 Å². The summed E-state index contributed by atoms with van der Waals surface area (Å²) in [6, 6.07) is 0. The van der Waals surface area contributed by atoms with E-state index in [1.54, 1.807) is 49.3 Å². The lowest BCUT2D eigenvalue weighted by Crippen LogP contribution is -2.33. The molecule has 1 aromatic heterocycles. The van der Waals surface area contributed by atoms with Crippen LogP contribution in [0.5, 0.6) is 0 Å². The molecule has 0 aliphatic carbocycles. The molecule has 0 radical (unpaired) electrons. The van der Waals surface area contributed by atoms with E-state index in [-0.39, 0.29) is 17.0 Å². The van der Waals surface area contributed by atoms with E-state index < -0.39 is 5.54 Å². The number of carbonyl (C=O) groups excluding carboxylic acids is 1. The maximum absolute atomic E-state index is 12.0. The molecule has 31 heavy (non-hydrogen) atoms. The second-order valence-corrected chi connectivity index (χ2v) is 11.4. The summed E-state index contributed by atoms with van der Waals surface area (Å²) in [4.78, 5) is 31.6. The number of thioether (sulfide) groups is 3. The lowest BCUT2D eigenvalue weighted by Gasteiger charge is -2.21. The van der Waals surface area contributed by atoms with Crippen LogP contribution in [0.4, 0.5) is 0 Å². The summed E-state index contributed by atoms with van der Waals surface area (Å²) in [6.45, 7) is 10.1. The van der Waals surface area contributed by atoms with Gasteiger partial charge in [-0.05, 0) is 40.7 Å². The third kappa shape index (κ3) is 4.02. The molecule has 3 aliphatic rings. The predicted octanol–water partition coefficient (Wildman–Crippen LogP) is 4.09. The number of carbonyl (C=O) groups is 1. The van der Waals surface area contributed by atoms with Crippen LogP contribution in [-0.4, -0.2) is 61.4 Å². The third-order valence-corrected chi connectivity index (χ3v) is 9.72. The van der Waals surface area contributed by atoms with Gasteiger partial charge in [0.25, 0.3) is 5.91 Å². The maximum Gasteiger partial charge on any atom is 0.273 e. The number of hydrogen-bond acceptors (Lipinski definition) is 9. The number of aliphatic imine (C=N–C) groups is 3. The van der Waals surface area contributed by atoms with Crippen molar-refractivity contribution >= 4 is 56.3 Å². The highest BCUT2D eigenvalue weighted by Gasteiger charge is 2.48. The number of aryl methyl sites for hydroxylation is 1. The van der Waals surface area contributed by atoms with Gasteiger partial charge in [-0.15, -0.1) is 35.3 Å². The van der Waals surface area contributed by atoms with Crippen molar-refractivity contribution in [2.45, 2.75) is 51.2 Å². The molecule has 4 rings (SSSR count). The molecule has 1 aromatic rings. The summed E-state index contributed by atoms with van der Waals surface area (Å²) < 4.78 is 5.86. The maximum atomic E-state index is 12.0. The Kier molecular flexibility index (Phi) is 5.93. The van der Waals surface area contributed by atoms with Crippen molar-refractivity contribution < 1.29 is 9.21 Å². The Balaban J connectivity index is 1.61. The van der Waals surface area contributed by atoms with Gasteiger partial charge in [-0.2, -0.15) is 0 Å². The molecular weight excluding hydrogens is 450 g/mol. The zero-order valence-electron chi connectivity index (χ0n) is 18.6. The van der Waals surface area contributed by atoms with Crippen LogP contribution in [0.2, 0.25) is 0 Å². The fourth-order valence-electron chi connectivity index (χ4n) is 3.58. The third-order valence-electron chi connectivity index (χ3n) is 5.46. The quantitative estimate of drug-likeness (QED) is 0.687. The minimum atomic E-state index is -0.618. The molecule has 1 amide bonds. The normalized spacial score (nSPS) is 33.0. The SMILES string of the molecule is C/C=C\C1=N[C@](C)(C2=N[C@](C)(C3=N[C@](C)(c4nc(C(=O)NC)c(C)o4)CS3)CS2)CS1. The number of hydrogen-bond donors (Lipinski definition) is 1. The van der Waals surface area contributed by atoms with Crippen molar-refractivity contribution in [3.63, 3.8) is 0 Å². The zero-order valence-corrected chi connectivity index (χ0v) is 21.1. The van der Waals surface area contributed by atoms with Crippen LogP contribution < -0.4 is 5.32 Å². The van der Waals surface area contributed by atoms with Gasteiger partial charge in [0.1, 0.15) is 22.4 Å². The average molecular weight is 478 g/mol. The highest BCUT2D eigenvalue weighted by atomic mass is 32.2. The second-order valence-electron chi connectivity index (χ2n) is 8.47. The molecule has 0 saturated heterocycles. The van der Waals surface area contributed by atoms with Gasteiger partial charge in [0.15, 0.2) is 5.69 Å². The number of nitrogens with one attached hydrogen (secondary N) is 1. The van der Waals surface area contributed by atoms with Gasteiger partial charge in [0, 0.05) is 24.3 Å². The summed E-state index contributed by atoms with van der Waals surface area (Å²) in [5, 5.41) is 5.73. The summed E-state index contributed by atoms with van der Waals surface area (Å²) in [7, 11) is 1.59. The van der Waals surface area contributed by atoms with E-state index in [1.165, 1.54) is 0 Å².